The number of rotatable bonds is 8. The van der Waals surface area contributed by atoms with E-state index < -0.39 is 0 Å². The highest BCUT2D eigenvalue weighted by molar-refractivity contribution is 5.69. The van der Waals surface area contributed by atoms with Crippen molar-refractivity contribution in [1.29, 1.82) is 5.26 Å². The lowest BCUT2D eigenvalue weighted by molar-refractivity contribution is 0.306. The zero-order valence-corrected chi connectivity index (χ0v) is 16.1. The Labute approximate surface area is 167 Å². The second kappa shape index (κ2) is 10.1. The smallest absolute Gasteiger partial charge is 0.137 e. The number of aromatic nitrogens is 1. The van der Waals surface area contributed by atoms with Gasteiger partial charge in [-0.15, -0.1) is 0 Å². The van der Waals surface area contributed by atoms with Gasteiger partial charge in [-0.05, 0) is 61.6 Å². The fourth-order valence-corrected chi connectivity index (χ4v) is 2.93. The van der Waals surface area contributed by atoms with Gasteiger partial charge in [-0.1, -0.05) is 48.6 Å². The number of nitrogens with zero attached hydrogens (tertiary/aromatic N) is 2. The molecule has 0 spiro atoms. The molecule has 0 aliphatic rings. The van der Waals surface area contributed by atoms with E-state index in [1.54, 1.807) is 6.20 Å². The fourth-order valence-electron chi connectivity index (χ4n) is 2.93. The molecule has 140 valence electrons. The van der Waals surface area contributed by atoms with E-state index in [1.807, 2.05) is 43.3 Å². The van der Waals surface area contributed by atoms with Gasteiger partial charge in [0, 0.05) is 5.56 Å². The summed E-state index contributed by atoms with van der Waals surface area (Å²) in [4.78, 5) is 4.53. The first kappa shape index (κ1) is 19.4. The fraction of sp³-hybridized carbons (Fsp3) is 0.200. The summed E-state index contributed by atoms with van der Waals surface area (Å²) >= 11 is 0. The Morgan fingerprint density at radius 3 is 2.18 bits per heavy atom. The van der Waals surface area contributed by atoms with Crippen LogP contribution in [0.15, 0.2) is 79.0 Å². The molecule has 0 saturated carbocycles. The van der Waals surface area contributed by atoms with Gasteiger partial charge in [0.05, 0.1) is 30.1 Å². The molecule has 0 bridgehead atoms. The Hall–Kier alpha value is -3.38. The topological polar surface area (TPSA) is 45.9 Å². The average molecular weight is 368 g/mol. The van der Waals surface area contributed by atoms with Crippen molar-refractivity contribution >= 4 is 0 Å². The third kappa shape index (κ3) is 5.31. The summed E-state index contributed by atoms with van der Waals surface area (Å²) in [5.74, 6) is 0.809. The number of allylic oxidation sites excluding steroid dienone is 2. The summed E-state index contributed by atoms with van der Waals surface area (Å²) in [6, 6.07) is 22.0. The van der Waals surface area contributed by atoms with Gasteiger partial charge in [-0.2, -0.15) is 5.26 Å². The Kier molecular flexibility index (Phi) is 6.98. The molecule has 0 radical (unpaired) electrons. The van der Waals surface area contributed by atoms with Gasteiger partial charge in [0.15, 0.2) is 0 Å². The number of benzene rings is 2. The molecular weight excluding hydrogens is 344 g/mol. The van der Waals surface area contributed by atoms with Crippen molar-refractivity contribution in [1.82, 2.24) is 4.98 Å². The van der Waals surface area contributed by atoms with Crippen molar-refractivity contribution in [2.75, 3.05) is 6.61 Å². The van der Waals surface area contributed by atoms with Crippen molar-refractivity contribution in [3.63, 3.8) is 0 Å². The zero-order chi connectivity index (χ0) is 19.6. The van der Waals surface area contributed by atoms with Gasteiger partial charge < -0.3 is 4.74 Å². The first-order chi connectivity index (χ1) is 13.8. The van der Waals surface area contributed by atoms with Crippen LogP contribution in [0, 0.1) is 11.3 Å². The maximum atomic E-state index is 8.90. The highest BCUT2D eigenvalue weighted by atomic mass is 16.5. The van der Waals surface area contributed by atoms with Crippen LogP contribution in [0.1, 0.15) is 31.7 Å². The number of ether oxygens (including phenoxy) is 1. The minimum absolute atomic E-state index is 0.671. The minimum atomic E-state index is 0.671. The molecule has 28 heavy (non-hydrogen) atoms. The van der Waals surface area contributed by atoms with Gasteiger partial charge in [0.25, 0.3) is 0 Å². The Balaban J connectivity index is 1.58. The van der Waals surface area contributed by atoms with E-state index >= 15 is 0 Å². The SMILES string of the molecule is C/C=C\CCCCOc1ccc(-c2ccc(-c3ccc(C#N)cc3)cc2)nc1. The second-order valence-electron chi connectivity index (χ2n) is 6.56. The molecule has 0 N–H and O–H groups in total. The highest BCUT2D eigenvalue weighted by Crippen LogP contribution is 2.25. The maximum Gasteiger partial charge on any atom is 0.137 e. The first-order valence-electron chi connectivity index (χ1n) is 9.61. The van der Waals surface area contributed by atoms with E-state index in [0.29, 0.717) is 5.56 Å². The third-order valence-corrected chi connectivity index (χ3v) is 4.53. The van der Waals surface area contributed by atoms with Crippen LogP contribution >= 0.6 is 0 Å². The summed E-state index contributed by atoms with van der Waals surface area (Å²) in [5, 5.41) is 8.90. The lowest BCUT2D eigenvalue weighted by Gasteiger charge is -2.07. The van der Waals surface area contributed by atoms with E-state index in [-0.39, 0.29) is 0 Å². The number of unbranched alkanes of at least 4 members (excludes halogenated alkanes) is 2. The Morgan fingerprint density at radius 2 is 1.57 bits per heavy atom. The zero-order valence-electron chi connectivity index (χ0n) is 16.1. The van der Waals surface area contributed by atoms with Gasteiger partial charge in [-0.25, -0.2) is 0 Å². The van der Waals surface area contributed by atoms with Crippen molar-refractivity contribution in [2.24, 2.45) is 0 Å². The summed E-state index contributed by atoms with van der Waals surface area (Å²) < 4.78 is 5.76. The van der Waals surface area contributed by atoms with Crippen LogP contribution in [-0.2, 0) is 0 Å². The number of hydrogen-bond donors (Lipinski definition) is 0. The number of hydrogen-bond acceptors (Lipinski definition) is 3. The standard InChI is InChI=1S/C25H24N2O/c1-2-3-4-5-6-17-28-24-15-16-25(27-19-24)23-13-11-22(12-14-23)21-9-7-20(18-26)8-10-21/h2-3,7-16,19H,4-6,17H2,1H3/b3-2-. The van der Waals surface area contributed by atoms with E-state index in [2.05, 4.69) is 47.5 Å². The van der Waals surface area contributed by atoms with Crippen molar-refractivity contribution in [3.8, 4) is 34.2 Å². The molecule has 1 heterocycles. The summed E-state index contributed by atoms with van der Waals surface area (Å²) in [7, 11) is 0. The molecule has 0 unspecified atom stereocenters. The minimum Gasteiger partial charge on any atom is -0.492 e. The monoisotopic (exact) mass is 368 g/mol. The molecule has 3 nitrogen and oxygen atoms in total. The third-order valence-electron chi connectivity index (χ3n) is 4.53. The molecule has 0 saturated heterocycles. The molecule has 0 aliphatic carbocycles. The average Bonchev–Trinajstić information content (AvgIpc) is 2.77. The van der Waals surface area contributed by atoms with Gasteiger partial charge >= 0.3 is 0 Å². The predicted octanol–water partition coefficient (Wildman–Crippen LogP) is 6.41. The second-order valence-corrected chi connectivity index (χ2v) is 6.56. The normalized spacial score (nSPS) is 10.7. The Bertz CT molecular complexity index is 934. The molecule has 3 rings (SSSR count). The van der Waals surface area contributed by atoms with Crippen molar-refractivity contribution in [2.45, 2.75) is 26.2 Å². The summed E-state index contributed by atoms with van der Waals surface area (Å²) in [6.07, 6.45) is 9.35. The van der Waals surface area contributed by atoms with Crippen LogP contribution in [0.3, 0.4) is 0 Å². The summed E-state index contributed by atoms with van der Waals surface area (Å²) in [6.45, 7) is 2.77. The molecule has 3 heteroatoms. The molecular formula is C25H24N2O. The van der Waals surface area contributed by atoms with Crippen LogP contribution in [0.25, 0.3) is 22.4 Å². The Morgan fingerprint density at radius 1 is 0.893 bits per heavy atom. The van der Waals surface area contributed by atoms with E-state index in [9.17, 15) is 0 Å². The highest BCUT2D eigenvalue weighted by Gasteiger charge is 2.03. The van der Waals surface area contributed by atoms with Crippen LogP contribution in [0.2, 0.25) is 0 Å². The molecule has 2 aromatic carbocycles. The number of nitriles is 1. The predicted molar refractivity (Wildman–Crippen MR) is 114 cm³/mol. The quantitative estimate of drug-likeness (QED) is 0.341. The molecule has 0 fully saturated rings. The number of pyridine rings is 1. The molecule has 0 aliphatic heterocycles. The lowest BCUT2D eigenvalue weighted by Crippen LogP contribution is -1.97. The van der Waals surface area contributed by atoms with Crippen molar-refractivity contribution < 1.29 is 4.74 Å². The van der Waals surface area contributed by atoms with Crippen LogP contribution in [0.4, 0.5) is 0 Å². The van der Waals surface area contributed by atoms with Gasteiger partial charge in [0.2, 0.25) is 0 Å². The first-order valence-corrected chi connectivity index (χ1v) is 9.61. The maximum absolute atomic E-state index is 8.90. The summed E-state index contributed by atoms with van der Waals surface area (Å²) in [5.41, 5.74) is 4.87. The van der Waals surface area contributed by atoms with E-state index in [4.69, 9.17) is 10.00 Å². The molecule has 3 aromatic rings. The van der Waals surface area contributed by atoms with Gasteiger partial charge in [-0.3, -0.25) is 4.98 Å². The van der Waals surface area contributed by atoms with E-state index in [1.165, 1.54) is 0 Å². The molecule has 0 amide bonds. The van der Waals surface area contributed by atoms with Crippen LogP contribution < -0.4 is 4.74 Å². The molecule has 1 aromatic heterocycles. The lowest BCUT2D eigenvalue weighted by atomic mass is 10.0. The van der Waals surface area contributed by atoms with Crippen LogP contribution in [-0.4, -0.2) is 11.6 Å². The van der Waals surface area contributed by atoms with Gasteiger partial charge in [0.1, 0.15) is 5.75 Å². The van der Waals surface area contributed by atoms with E-state index in [0.717, 1.165) is 54.0 Å². The molecule has 0 atom stereocenters. The van der Waals surface area contributed by atoms with Crippen molar-refractivity contribution in [3.05, 3.63) is 84.6 Å². The largest absolute Gasteiger partial charge is 0.492 e. The van der Waals surface area contributed by atoms with Crippen LogP contribution in [0.5, 0.6) is 5.75 Å².